The minimum absolute atomic E-state index is 0.856. The third-order valence-corrected chi connectivity index (χ3v) is 3.65. The molecule has 0 aliphatic carbocycles. The molecule has 102 valence electrons. The molecule has 0 radical (unpaired) electrons. The number of likely N-dealkylation sites (tertiary alicyclic amines) is 1. The standard InChI is InChI=1S/C14H30N2O/c1-3-7-14-8-4-5-11-16(14)12-10-15-9-6-13-17-2/h14-15H,3-13H2,1-2H3. The summed E-state index contributed by atoms with van der Waals surface area (Å²) in [5.74, 6) is 0. The molecule has 0 bridgehead atoms. The number of hydrogen-bond donors (Lipinski definition) is 1. The molecule has 1 heterocycles. The molecule has 0 saturated carbocycles. The van der Waals surface area contributed by atoms with Crippen LogP contribution in [0.1, 0.15) is 45.4 Å². The number of rotatable bonds is 9. The van der Waals surface area contributed by atoms with Crippen LogP contribution < -0.4 is 5.32 Å². The fraction of sp³-hybridized carbons (Fsp3) is 1.00. The number of methoxy groups -OCH3 is 1. The second kappa shape index (κ2) is 9.86. The number of piperidine rings is 1. The Kier molecular flexibility index (Phi) is 8.67. The van der Waals surface area contributed by atoms with Gasteiger partial charge in [0.1, 0.15) is 0 Å². The summed E-state index contributed by atoms with van der Waals surface area (Å²) in [6, 6.07) is 0.856. The van der Waals surface area contributed by atoms with Gasteiger partial charge >= 0.3 is 0 Å². The lowest BCUT2D eigenvalue weighted by atomic mass is 9.98. The maximum Gasteiger partial charge on any atom is 0.0474 e. The highest BCUT2D eigenvalue weighted by atomic mass is 16.5. The van der Waals surface area contributed by atoms with Gasteiger partial charge < -0.3 is 10.1 Å². The fourth-order valence-corrected chi connectivity index (χ4v) is 2.70. The molecule has 1 unspecified atom stereocenters. The Morgan fingerprint density at radius 1 is 1.29 bits per heavy atom. The van der Waals surface area contributed by atoms with Crippen molar-refractivity contribution in [3.8, 4) is 0 Å². The van der Waals surface area contributed by atoms with Crippen LogP contribution in [0.15, 0.2) is 0 Å². The Hall–Kier alpha value is -0.120. The van der Waals surface area contributed by atoms with Crippen LogP contribution in [0, 0.1) is 0 Å². The first-order valence-corrected chi connectivity index (χ1v) is 7.32. The maximum atomic E-state index is 5.04. The van der Waals surface area contributed by atoms with Crippen molar-refractivity contribution in [2.24, 2.45) is 0 Å². The van der Waals surface area contributed by atoms with E-state index in [4.69, 9.17) is 4.74 Å². The highest BCUT2D eigenvalue weighted by molar-refractivity contribution is 4.76. The first kappa shape index (κ1) is 14.9. The summed E-state index contributed by atoms with van der Waals surface area (Å²) in [5.41, 5.74) is 0. The number of hydrogen-bond acceptors (Lipinski definition) is 3. The molecule has 3 nitrogen and oxygen atoms in total. The van der Waals surface area contributed by atoms with Crippen LogP contribution in [-0.4, -0.2) is 50.8 Å². The van der Waals surface area contributed by atoms with E-state index in [1.54, 1.807) is 7.11 Å². The predicted octanol–water partition coefficient (Wildman–Crippen LogP) is 2.27. The van der Waals surface area contributed by atoms with Crippen molar-refractivity contribution in [3.63, 3.8) is 0 Å². The van der Waals surface area contributed by atoms with E-state index in [-0.39, 0.29) is 0 Å². The molecule has 0 amide bonds. The van der Waals surface area contributed by atoms with Gasteiger partial charge in [-0.05, 0) is 38.8 Å². The molecule has 1 aliphatic heterocycles. The molecule has 1 rings (SSSR count). The van der Waals surface area contributed by atoms with Crippen LogP contribution >= 0.6 is 0 Å². The number of ether oxygens (including phenoxy) is 1. The summed E-state index contributed by atoms with van der Waals surface area (Å²) < 4.78 is 5.04. The average Bonchev–Trinajstić information content (AvgIpc) is 2.36. The summed E-state index contributed by atoms with van der Waals surface area (Å²) in [7, 11) is 1.77. The van der Waals surface area contributed by atoms with Crippen molar-refractivity contribution in [2.45, 2.75) is 51.5 Å². The summed E-state index contributed by atoms with van der Waals surface area (Å²) in [6.07, 6.45) is 8.06. The van der Waals surface area contributed by atoms with Crippen molar-refractivity contribution < 1.29 is 4.74 Å². The summed E-state index contributed by atoms with van der Waals surface area (Å²) in [5, 5.41) is 3.51. The van der Waals surface area contributed by atoms with Crippen molar-refractivity contribution in [1.82, 2.24) is 10.2 Å². The SMILES string of the molecule is CCCC1CCCCN1CCNCCCOC. The molecule has 17 heavy (non-hydrogen) atoms. The smallest absolute Gasteiger partial charge is 0.0474 e. The van der Waals surface area contributed by atoms with Gasteiger partial charge in [0.25, 0.3) is 0 Å². The Morgan fingerprint density at radius 2 is 2.18 bits per heavy atom. The van der Waals surface area contributed by atoms with Crippen LogP contribution in [0.4, 0.5) is 0 Å². The van der Waals surface area contributed by atoms with Crippen LogP contribution in [0.25, 0.3) is 0 Å². The molecule has 3 heteroatoms. The van der Waals surface area contributed by atoms with Gasteiger partial charge in [0.05, 0.1) is 0 Å². The number of nitrogens with one attached hydrogen (secondary N) is 1. The first-order chi connectivity index (χ1) is 8.38. The molecule has 0 aromatic rings. The number of nitrogens with zero attached hydrogens (tertiary/aromatic N) is 1. The summed E-state index contributed by atoms with van der Waals surface area (Å²) in [6.45, 7) is 7.91. The Morgan fingerprint density at radius 3 is 2.94 bits per heavy atom. The largest absolute Gasteiger partial charge is 0.385 e. The zero-order chi connectivity index (χ0) is 12.3. The van der Waals surface area contributed by atoms with E-state index in [9.17, 15) is 0 Å². The Bertz CT molecular complexity index is 174. The zero-order valence-electron chi connectivity index (χ0n) is 11.7. The van der Waals surface area contributed by atoms with Crippen molar-refractivity contribution in [2.75, 3.05) is 39.9 Å². The van der Waals surface area contributed by atoms with Crippen LogP contribution in [0.5, 0.6) is 0 Å². The van der Waals surface area contributed by atoms with E-state index in [1.165, 1.54) is 45.2 Å². The van der Waals surface area contributed by atoms with Crippen molar-refractivity contribution >= 4 is 0 Å². The molecule has 1 aliphatic rings. The van der Waals surface area contributed by atoms with Gasteiger partial charge in [0, 0.05) is 32.8 Å². The average molecular weight is 242 g/mol. The van der Waals surface area contributed by atoms with E-state index < -0.39 is 0 Å². The van der Waals surface area contributed by atoms with Crippen LogP contribution in [0.3, 0.4) is 0 Å². The van der Waals surface area contributed by atoms with E-state index in [0.717, 1.165) is 32.2 Å². The van der Waals surface area contributed by atoms with Crippen molar-refractivity contribution in [1.29, 1.82) is 0 Å². The normalized spacial score (nSPS) is 21.9. The lowest BCUT2D eigenvalue weighted by molar-refractivity contribution is 0.139. The van der Waals surface area contributed by atoms with Gasteiger partial charge in [0.2, 0.25) is 0 Å². The minimum Gasteiger partial charge on any atom is -0.385 e. The van der Waals surface area contributed by atoms with E-state index >= 15 is 0 Å². The molecule has 1 N–H and O–H groups in total. The van der Waals surface area contributed by atoms with E-state index in [0.29, 0.717) is 0 Å². The van der Waals surface area contributed by atoms with Gasteiger partial charge in [0.15, 0.2) is 0 Å². The van der Waals surface area contributed by atoms with Crippen LogP contribution in [0.2, 0.25) is 0 Å². The van der Waals surface area contributed by atoms with E-state index in [2.05, 4.69) is 17.1 Å². The molecular formula is C14H30N2O. The van der Waals surface area contributed by atoms with Gasteiger partial charge in [-0.15, -0.1) is 0 Å². The molecule has 1 atom stereocenters. The molecule has 1 saturated heterocycles. The van der Waals surface area contributed by atoms with Gasteiger partial charge in [-0.1, -0.05) is 19.8 Å². The summed E-state index contributed by atoms with van der Waals surface area (Å²) in [4.78, 5) is 2.69. The van der Waals surface area contributed by atoms with Gasteiger partial charge in [-0.2, -0.15) is 0 Å². The molecular weight excluding hydrogens is 212 g/mol. The second-order valence-electron chi connectivity index (χ2n) is 5.07. The van der Waals surface area contributed by atoms with Gasteiger partial charge in [-0.3, -0.25) is 4.90 Å². The fourth-order valence-electron chi connectivity index (χ4n) is 2.70. The zero-order valence-corrected chi connectivity index (χ0v) is 11.7. The highest BCUT2D eigenvalue weighted by Gasteiger charge is 2.20. The minimum atomic E-state index is 0.856. The lowest BCUT2D eigenvalue weighted by Crippen LogP contribution is -2.43. The second-order valence-corrected chi connectivity index (χ2v) is 5.07. The quantitative estimate of drug-likeness (QED) is 0.628. The highest BCUT2D eigenvalue weighted by Crippen LogP contribution is 2.19. The molecule has 0 spiro atoms. The molecule has 0 aromatic heterocycles. The predicted molar refractivity (Wildman–Crippen MR) is 73.5 cm³/mol. The third-order valence-electron chi connectivity index (χ3n) is 3.65. The molecule has 1 fully saturated rings. The molecule has 0 aromatic carbocycles. The first-order valence-electron chi connectivity index (χ1n) is 7.32. The van der Waals surface area contributed by atoms with Crippen LogP contribution in [-0.2, 0) is 4.74 Å². The van der Waals surface area contributed by atoms with E-state index in [1.807, 2.05) is 0 Å². The maximum absolute atomic E-state index is 5.04. The van der Waals surface area contributed by atoms with Crippen molar-refractivity contribution in [3.05, 3.63) is 0 Å². The summed E-state index contributed by atoms with van der Waals surface area (Å²) >= 11 is 0. The third kappa shape index (κ3) is 6.39. The monoisotopic (exact) mass is 242 g/mol. The Balaban J connectivity index is 2.06. The topological polar surface area (TPSA) is 24.5 Å². The Labute approximate surface area is 107 Å². The lowest BCUT2D eigenvalue weighted by Gasteiger charge is -2.35. The van der Waals surface area contributed by atoms with Gasteiger partial charge in [-0.25, -0.2) is 0 Å².